The van der Waals surface area contributed by atoms with Crippen LogP contribution >= 0.6 is 0 Å². The van der Waals surface area contributed by atoms with Crippen LogP contribution in [0.25, 0.3) is 0 Å². The molecule has 0 heterocycles. The average Bonchev–Trinajstić information content (AvgIpc) is 2.92. The largest absolute Gasteiger partial charge is 0.234 e. The molecule has 2 aliphatic rings. The van der Waals surface area contributed by atoms with Crippen LogP contribution in [0.4, 0.5) is 17.1 Å². The summed E-state index contributed by atoms with van der Waals surface area (Å²) in [6.45, 7) is 0. The molecule has 0 bridgehead atoms. The molecule has 3 aromatic rings. The van der Waals surface area contributed by atoms with E-state index in [-0.39, 0.29) is 0 Å². The number of allylic oxidation sites excluding steroid dienone is 3. The second kappa shape index (κ2) is 10.8. The summed E-state index contributed by atoms with van der Waals surface area (Å²) in [6.07, 6.45) is 12.7. The molecule has 0 radical (unpaired) electrons. The van der Waals surface area contributed by atoms with Crippen molar-refractivity contribution in [2.75, 3.05) is 10.0 Å². The summed E-state index contributed by atoms with van der Waals surface area (Å²) in [6, 6.07) is 31.2. The Labute approximate surface area is 202 Å². The molecule has 0 saturated heterocycles. The minimum atomic E-state index is 0.788. The number of rotatable bonds is 6. The van der Waals surface area contributed by atoms with Crippen molar-refractivity contribution in [2.45, 2.75) is 38.5 Å². The molecular formula is C30H30N4. The van der Waals surface area contributed by atoms with E-state index in [0.29, 0.717) is 0 Å². The van der Waals surface area contributed by atoms with Gasteiger partial charge in [0.15, 0.2) is 0 Å². The fraction of sp³-hybridized carbons (Fsp3) is 0.200. The van der Waals surface area contributed by atoms with Crippen molar-refractivity contribution in [1.82, 2.24) is 0 Å². The van der Waals surface area contributed by atoms with Crippen molar-refractivity contribution in [3.05, 3.63) is 115 Å². The Morgan fingerprint density at radius 1 is 0.559 bits per heavy atom. The van der Waals surface area contributed by atoms with E-state index < -0.39 is 0 Å². The summed E-state index contributed by atoms with van der Waals surface area (Å²) in [5.41, 5.74) is 6.70. The minimum absolute atomic E-state index is 0.788. The number of para-hydroxylation sites is 3. The molecule has 4 heteroatoms. The van der Waals surface area contributed by atoms with Gasteiger partial charge in [0, 0.05) is 17.8 Å². The standard InChI is InChI=1S/C30H30N4/c1-5-16-27(17-6-1)33(28-18-7-2-8-19-28)31-25-14-13-15-26(24-25)32-34(29-20-9-3-10-21-29)30-22-11-4-12-23-30/h1-3,5-11,16-23H,4,12-15,24H2/b31-25+,32-26+. The lowest BCUT2D eigenvalue weighted by Gasteiger charge is -2.26. The summed E-state index contributed by atoms with van der Waals surface area (Å²) in [5.74, 6) is 0. The molecule has 0 aromatic heterocycles. The minimum Gasteiger partial charge on any atom is -0.234 e. The molecule has 0 N–H and O–H groups in total. The molecule has 0 spiro atoms. The molecule has 5 rings (SSSR count). The van der Waals surface area contributed by atoms with Gasteiger partial charge in [0.1, 0.15) is 0 Å². The van der Waals surface area contributed by atoms with E-state index in [1.54, 1.807) is 0 Å². The molecular weight excluding hydrogens is 416 g/mol. The van der Waals surface area contributed by atoms with E-state index in [1.807, 2.05) is 18.2 Å². The van der Waals surface area contributed by atoms with E-state index in [1.165, 1.54) is 11.4 Å². The fourth-order valence-corrected chi connectivity index (χ4v) is 4.36. The van der Waals surface area contributed by atoms with E-state index in [4.69, 9.17) is 10.2 Å². The van der Waals surface area contributed by atoms with Gasteiger partial charge in [-0.25, -0.2) is 10.0 Å². The van der Waals surface area contributed by atoms with Crippen molar-refractivity contribution in [3.63, 3.8) is 0 Å². The van der Waals surface area contributed by atoms with Gasteiger partial charge >= 0.3 is 0 Å². The molecule has 170 valence electrons. The number of hydrazone groups is 2. The molecule has 0 atom stereocenters. The molecule has 1 fully saturated rings. The lowest BCUT2D eigenvalue weighted by molar-refractivity contribution is 0.847. The van der Waals surface area contributed by atoms with Crippen LogP contribution in [0.3, 0.4) is 0 Å². The zero-order valence-electron chi connectivity index (χ0n) is 19.4. The van der Waals surface area contributed by atoms with E-state index >= 15 is 0 Å². The van der Waals surface area contributed by atoms with Gasteiger partial charge in [-0.1, -0.05) is 66.7 Å². The number of benzene rings is 3. The lowest BCUT2D eigenvalue weighted by Crippen LogP contribution is -2.24. The van der Waals surface area contributed by atoms with Crippen LogP contribution in [0.15, 0.2) is 125 Å². The zero-order chi connectivity index (χ0) is 23.0. The fourth-order valence-electron chi connectivity index (χ4n) is 4.36. The molecule has 0 unspecified atom stereocenters. The summed E-state index contributed by atoms with van der Waals surface area (Å²) in [7, 11) is 0. The van der Waals surface area contributed by atoms with Gasteiger partial charge in [-0.15, -0.1) is 0 Å². The predicted molar refractivity (Wildman–Crippen MR) is 144 cm³/mol. The Kier molecular flexibility index (Phi) is 6.96. The Bertz CT molecular complexity index is 1150. The first-order chi connectivity index (χ1) is 16.9. The van der Waals surface area contributed by atoms with Crippen molar-refractivity contribution in [2.24, 2.45) is 10.2 Å². The van der Waals surface area contributed by atoms with Crippen LogP contribution in [0.2, 0.25) is 0 Å². The van der Waals surface area contributed by atoms with E-state index in [0.717, 1.165) is 61.3 Å². The normalized spacial score (nSPS) is 18.1. The highest BCUT2D eigenvalue weighted by molar-refractivity contribution is 6.07. The maximum absolute atomic E-state index is 5.16. The summed E-state index contributed by atoms with van der Waals surface area (Å²) >= 11 is 0. The first kappa shape index (κ1) is 21.9. The topological polar surface area (TPSA) is 31.2 Å². The zero-order valence-corrected chi connectivity index (χ0v) is 19.4. The van der Waals surface area contributed by atoms with Crippen LogP contribution in [-0.2, 0) is 0 Å². The number of hydrogen-bond donors (Lipinski definition) is 0. The Morgan fingerprint density at radius 3 is 1.56 bits per heavy atom. The SMILES string of the molecule is C1=CC(N(/N=C2\CCC/C(=N\N(c3ccccc3)c3ccccc3)C2)c2ccccc2)=CCC1. The van der Waals surface area contributed by atoms with Gasteiger partial charge in [0.05, 0.1) is 22.8 Å². The van der Waals surface area contributed by atoms with Gasteiger partial charge in [0.2, 0.25) is 0 Å². The molecule has 4 nitrogen and oxygen atoms in total. The van der Waals surface area contributed by atoms with Crippen LogP contribution in [0.1, 0.15) is 38.5 Å². The Hall–Kier alpha value is -3.92. The Morgan fingerprint density at radius 2 is 1.06 bits per heavy atom. The van der Waals surface area contributed by atoms with Gasteiger partial charge in [-0.3, -0.25) is 0 Å². The monoisotopic (exact) mass is 446 g/mol. The first-order valence-electron chi connectivity index (χ1n) is 12.1. The molecule has 1 saturated carbocycles. The maximum Gasteiger partial charge on any atom is 0.0652 e. The van der Waals surface area contributed by atoms with Crippen LogP contribution in [-0.4, -0.2) is 11.4 Å². The number of anilines is 3. The van der Waals surface area contributed by atoms with Crippen molar-refractivity contribution >= 4 is 28.5 Å². The van der Waals surface area contributed by atoms with Crippen LogP contribution < -0.4 is 10.0 Å². The summed E-state index contributed by atoms with van der Waals surface area (Å²) in [5, 5.41) is 14.5. The van der Waals surface area contributed by atoms with Crippen molar-refractivity contribution in [1.29, 1.82) is 0 Å². The molecule has 34 heavy (non-hydrogen) atoms. The highest BCUT2D eigenvalue weighted by Gasteiger charge is 2.19. The predicted octanol–water partition coefficient (Wildman–Crippen LogP) is 7.85. The van der Waals surface area contributed by atoms with E-state index in [2.05, 4.69) is 101 Å². The third-order valence-corrected chi connectivity index (χ3v) is 6.04. The third-order valence-electron chi connectivity index (χ3n) is 6.04. The first-order valence-corrected chi connectivity index (χ1v) is 12.1. The van der Waals surface area contributed by atoms with Gasteiger partial charge in [-0.2, -0.15) is 10.2 Å². The average molecular weight is 447 g/mol. The van der Waals surface area contributed by atoms with Crippen molar-refractivity contribution in [3.8, 4) is 0 Å². The number of nitrogens with zero attached hydrogens (tertiary/aromatic N) is 4. The quantitative estimate of drug-likeness (QED) is 0.361. The summed E-state index contributed by atoms with van der Waals surface area (Å²) < 4.78 is 0. The lowest BCUT2D eigenvalue weighted by atomic mass is 9.96. The third kappa shape index (κ3) is 5.34. The second-order valence-electron chi connectivity index (χ2n) is 8.60. The highest BCUT2D eigenvalue weighted by Crippen LogP contribution is 2.28. The summed E-state index contributed by atoms with van der Waals surface area (Å²) in [4.78, 5) is 0. The van der Waals surface area contributed by atoms with Crippen LogP contribution in [0, 0.1) is 0 Å². The van der Waals surface area contributed by atoms with Gasteiger partial charge in [-0.05, 0) is 74.6 Å². The maximum atomic E-state index is 5.16. The van der Waals surface area contributed by atoms with Crippen molar-refractivity contribution < 1.29 is 0 Å². The van der Waals surface area contributed by atoms with E-state index in [9.17, 15) is 0 Å². The molecule has 0 aliphatic heterocycles. The van der Waals surface area contributed by atoms with Gasteiger partial charge in [0.25, 0.3) is 0 Å². The van der Waals surface area contributed by atoms with Gasteiger partial charge < -0.3 is 0 Å². The highest BCUT2D eigenvalue weighted by atomic mass is 15.5. The number of hydrogen-bond acceptors (Lipinski definition) is 4. The smallest absolute Gasteiger partial charge is 0.0652 e. The molecule has 3 aromatic carbocycles. The Balaban J connectivity index is 1.45. The molecule has 2 aliphatic carbocycles. The van der Waals surface area contributed by atoms with Crippen LogP contribution in [0.5, 0.6) is 0 Å². The second-order valence-corrected chi connectivity index (χ2v) is 8.60. The molecule has 0 amide bonds.